The molecule has 3 nitrogen and oxygen atoms in total. The zero-order valence-corrected chi connectivity index (χ0v) is 15.4. The number of aryl methyl sites for hydroxylation is 3. The molecule has 0 atom stereocenters. The minimum Gasteiger partial charge on any atom is -0.487 e. The molecule has 0 saturated carbocycles. The molecule has 2 rings (SSSR count). The first-order valence-corrected chi connectivity index (χ1v) is 8.21. The molecule has 1 heterocycles. The quantitative estimate of drug-likeness (QED) is 0.657. The van der Waals surface area contributed by atoms with Crippen LogP contribution in [0.3, 0.4) is 0 Å². The molecule has 0 unspecified atom stereocenters. The molecular formula is C14H15Br2ClN2O. The van der Waals surface area contributed by atoms with Gasteiger partial charge in [0.2, 0.25) is 0 Å². The average molecular weight is 423 g/mol. The largest absolute Gasteiger partial charge is 0.487 e. The molecule has 108 valence electrons. The van der Waals surface area contributed by atoms with E-state index in [1.807, 2.05) is 37.7 Å². The van der Waals surface area contributed by atoms with Gasteiger partial charge in [0.05, 0.1) is 21.7 Å². The number of alkyl halides is 1. The molecule has 0 saturated heterocycles. The van der Waals surface area contributed by atoms with E-state index in [1.54, 1.807) is 0 Å². The molecule has 2 aromatic rings. The Balaban J connectivity index is 2.27. The van der Waals surface area contributed by atoms with Gasteiger partial charge in [0.1, 0.15) is 12.4 Å². The molecule has 0 bridgehead atoms. The molecule has 0 N–H and O–H groups in total. The summed E-state index contributed by atoms with van der Waals surface area (Å²) in [5.74, 6) is 1.26. The Bertz CT molecular complexity index is 641. The topological polar surface area (TPSA) is 27.1 Å². The highest BCUT2D eigenvalue weighted by molar-refractivity contribution is 9.10. The van der Waals surface area contributed by atoms with Crippen LogP contribution in [-0.4, -0.2) is 9.78 Å². The van der Waals surface area contributed by atoms with Gasteiger partial charge in [-0.2, -0.15) is 5.10 Å². The molecule has 0 amide bonds. The van der Waals surface area contributed by atoms with Gasteiger partial charge in [-0.15, -0.1) is 11.6 Å². The first-order valence-electron chi connectivity index (χ1n) is 6.09. The second kappa shape index (κ2) is 6.50. The molecule has 20 heavy (non-hydrogen) atoms. The van der Waals surface area contributed by atoms with Crippen molar-refractivity contribution in [2.75, 3.05) is 0 Å². The third-order valence-corrected chi connectivity index (χ3v) is 4.85. The Kier molecular flexibility index (Phi) is 5.15. The lowest BCUT2D eigenvalue weighted by molar-refractivity contribution is 0.290. The first-order chi connectivity index (χ1) is 9.43. The Morgan fingerprint density at radius 3 is 2.55 bits per heavy atom. The van der Waals surface area contributed by atoms with Crippen LogP contribution in [0.5, 0.6) is 5.75 Å². The van der Waals surface area contributed by atoms with Crippen LogP contribution in [-0.2, 0) is 19.5 Å². The van der Waals surface area contributed by atoms with Crippen molar-refractivity contribution in [2.45, 2.75) is 26.3 Å². The maximum atomic E-state index is 6.00. The second-order valence-corrected chi connectivity index (χ2v) is 6.58. The maximum absolute atomic E-state index is 6.00. The fourth-order valence-corrected chi connectivity index (χ4v) is 3.35. The third-order valence-electron chi connectivity index (χ3n) is 3.08. The van der Waals surface area contributed by atoms with E-state index in [9.17, 15) is 0 Å². The van der Waals surface area contributed by atoms with E-state index >= 15 is 0 Å². The maximum Gasteiger partial charge on any atom is 0.131 e. The fourth-order valence-electron chi connectivity index (χ4n) is 2.08. The van der Waals surface area contributed by atoms with E-state index in [2.05, 4.69) is 37.0 Å². The summed E-state index contributed by atoms with van der Waals surface area (Å²) in [6.45, 7) is 4.42. The predicted octanol–water partition coefficient (Wildman–Crippen LogP) is 4.88. The fraction of sp³-hybridized carbons (Fsp3) is 0.357. The molecule has 6 heteroatoms. The average Bonchev–Trinajstić information content (AvgIpc) is 2.62. The van der Waals surface area contributed by atoms with Gasteiger partial charge >= 0.3 is 0 Å². The summed E-state index contributed by atoms with van der Waals surface area (Å²) in [5, 5.41) is 4.36. The smallest absolute Gasteiger partial charge is 0.131 e. The zero-order chi connectivity index (χ0) is 14.9. The molecule has 1 aromatic carbocycles. The van der Waals surface area contributed by atoms with Gasteiger partial charge in [0.15, 0.2) is 0 Å². The van der Waals surface area contributed by atoms with E-state index in [-0.39, 0.29) is 0 Å². The highest BCUT2D eigenvalue weighted by Crippen LogP contribution is 2.31. The van der Waals surface area contributed by atoms with E-state index in [0.29, 0.717) is 12.5 Å². The highest BCUT2D eigenvalue weighted by Gasteiger charge is 2.14. The van der Waals surface area contributed by atoms with Crippen molar-refractivity contribution >= 4 is 43.5 Å². The number of halogens is 3. The first kappa shape index (κ1) is 15.9. The van der Waals surface area contributed by atoms with Crippen molar-refractivity contribution < 1.29 is 4.74 Å². The summed E-state index contributed by atoms with van der Waals surface area (Å²) in [6, 6.07) is 4.01. The van der Waals surface area contributed by atoms with Crippen LogP contribution in [0.4, 0.5) is 0 Å². The Labute approximate surface area is 140 Å². The summed E-state index contributed by atoms with van der Waals surface area (Å²) in [7, 11) is 1.91. The van der Waals surface area contributed by atoms with Crippen molar-refractivity contribution in [1.29, 1.82) is 0 Å². The van der Waals surface area contributed by atoms with Crippen molar-refractivity contribution in [3.63, 3.8) is 0 Å². The van der Waals surface area contributed by atoms with E-state index in [4.69, 9.17) is 16.3 Å². The minimum atomic E-state index is 0.418. The Morgan fingerprint density at radius 2 is 2.00 bits per heavy atom. The van der Waals surface area contributed by atoms with Crippen LogP contribution >= 0.6 is 43.5 Å². The van der Waals surface area contributed by atoms with Crippen LogP contribution in [0.2, 0.25) is 0 Å². The van der Waals surface area contributed by atoms with Crippen molar-refractivity contribution in [3.8, 4) is 5.75 Å². The van der Waals surface area contributed by atoms with Gasteiger partial charge in [-0.25, -0.2) is 0 Å². The van der Waals surface area contributed by atoms with Crippen molar-refractivity contribution in [3.05, 3.63) is 43.6 Å². The molecule has 0 aliphatic carbocycles. The summed E-state index contributed by atoms with van der Waals surface area (Å²) < 4.78 is 9.80. The zero-order valence-electron chi connectivity index (χ0n) is 11.5. The summed E-state index contributed by atoms with van der Waals surface area (Å²) in [6.07, 6.45) is 0. The lowest BCUT2D eigenvalue weighted by atomic mass is 10.1. The van der Waals surface area contributed by atoms with Crippen LogP contribution in [0, 0.1) is 13.8 Å². The van der Waals surface area contributed by atoms with Crippen LogP contribution in [0.1, 0.15) is 22.5 Å². The van der Waals surface area contributed by atoms with Gasteiger partial charge in [-0.1, -0.05) is 15.9 Å². The van der Waals surface area contributed by atoms with Gasteiger partial charge < -0.3 is 4.74 Å². The normalized spacial score (nSPS) is 10.9. The number of ether oxygens (including phenoxy) is 1. The van der Waals surface area contributed by atoms with Gasteiger partial charge in [-0.05, 0) is 47.5 Å². The van der Waals surface area contributed by atoms with Gasteiger partial charge in [0, 0.05) is 17.1 Å². The molecule has 0 fully saturated rings. The van der Waals surface area contributed by atoms with Crippen molar-refractivity contribution in [1.82, 2.24) is 9.78 Å². The van der Waals surface area contributed by atoms with Gasteiger partial charge in [-0.3, -0.25) is 4.68 Å². The monoisotopic (exact) mass is 420 g/mol. The van der Waals surface area contributed by atoms with E-state index < -0.39 is 0 Å². The van der Waals surface area contributed by atoms with Crippen LogP contribution in [0.25, 0.3) is 0 Å². The molecular weight excluding hydrogens is 407 g/mol. The second-order valence-electron chi connectivity index (χ2n) is 4.60. The number of hydrogen-bond acceptors (Lipinski definition) is 2. The number of benzene rings is 1. The lowest BCUT2D eigenvalue weighted by Gasteiger charge is -2.14. The van der Waals surface area contributed by atoms with Crippen LogP contribution in [0.15, 0.2) is 21.1 Å². The Hall–Kier alpha value is -0.520. The molecule has 1 aromatic heterocycles. The van der Waals surface area contributed by atoms with Crippen molar-refractivity contribution in [2.24, 2.45) is 7.05 Å². The van der Waals surface area contributed by atoms with E-state index in [1.165, 1.54) is 0 Å². The number of nitrogens with zero attached hydrogens (tertiary/aromatic N) is 2. The standard InChI is InChI=1S/C14H15Br2ClN2O/c1-8-4-11(15)5-10(6-17)14(8)20-7-12-13(16)9(2)18-19(12)3/h4-5H,6-7H2,1-3H3. The number of aromatic nitrogens is 2. The summed E-state index contributed by atoms with van der Waals surface area (Å²) in [4.78, 5) is 0. The third kappa shape index (κ3) is 3.21. The van der Waals surface area contributed by atoms with Crippen LogP contribution < -0.4 is 4.74 Å². The molecule has 0 aliphatic rings. The number of rotatable bonds is 4. The van der Waals surface area contributed by atoms with Gasteiger partial charge in [0.25, 0.3) is 0 Å². The Morgan fingerprint density at radius 1 is 1.30 bits per heavy atom. The lowest BCUT2D eigenvalue weighted by Crippen LogP contribution is -2.05. The summed E-state index contributed by atoms with van der Waals surface area (Å²) >= 11 is 13.0. The summed E-state index contributed by atoms with van der Waals surface area (Å²) in [5.41, 5.74) is 4.00. The molecule has 0 radical (unpaired) electrons. The highest BCUT2D eigenvalue weighted by atomic mass is 79.9. The SMILES string of the molecule is Cc1cc(Br)cc(CCl)c1OCc1c(Br)c(C)nn1C. The van der Waals surface area contributed by atoms with E-state index in [0.717, 1.165) is 37.2 Å². The molecule has 0 spiro atoms. The minimum absolute atomic E-state index is 0.418. The molecule has 0 aliphatic heterocycles. The number of hydrogen-bond donors (Lipinski definition) is 0. The predicted molar refractivity (Wildman–Crippen MR) is 88.4 cm³/mol.